The maximum absolute atomic E-state index is 14.7. The van der Waals surface area contributed by atoms with Crippen molar-refractivity contribution in [3.63, 3.8) is 0 Å². The molecule has 0 spiro atoms. The molecular formula is C23H25ClFN3O4. The van der Waals surface area contributed by atoms with Gasteiger partial charge in [-0.2, -0.15) is 0 Å². The van der Waals surface area contributed by atoms with E-state index < -0.39 is 18.0 Å². The van der Waals surface area contributed by atoms with Crippen LogP contribution in [0.25, 0.3) is 0 Å². The fraction of sp³-hybridized carbons (Fsp3) is 0.391. The molecule has 2 atom stereocenters. The summed E-state index contributed by atoms with van der Waals surface area (Å²) in [6.07, 6.45) is -0.399. The van der Waals surface area contributed by atoms with Crippen molar-refractivity contribution in [1.29, 1.82) is 0 Å². The summed E-state index contributed by atoms with van der Waals surface area (Å²) in [5.41, 5.74) is 1.48. The molecule has 1 N–H and O–H groups in total. The summed E-state index contributed by atoms with van der Waals surface area (Å²) in [7, 11) is 0. The van der Waals surface area contributed by atoms with Gasteiger partial charge in [0.25, 0.3) is 5.91 Å². The molecule has 0 unspecified atom stereocenters. The van der Waals surface area contributed by atoms with Gasteiger partial charge in [-0.1, -0.05) is 17.7 Å². The SMILES string of the molecule is C[C@@H]1CN([C@@H](CNC(=O)c2ccc(N3CCOC3=O)cc2)c2c(F)cccc2Cl)CCO1. The summed E-state index contributed by atoms with van der Waals surface area (Å²) >= 11 is 6.35. The highest BCUT2D eigenvalue weighted by molar-refractivity contribution is 6.31. The van der Waals surface area contributed by atoms with Gasteiger partial charge in [-0.05, 0) is 43.3 Å². The average Bonchev–Trinajstić information content (AvgIpc) is 3.21. The third-order valence-corrected chi connectivity index (χ3v) is 6.03. The van der Waals surface area contributed by atoms with Gasteiger partial charge < -0.3 is 14.8 Å². The van der Waals surface area contributed by atoms with Gasteiger partial charge in [0.2, 0.25) is 0 Å². The van der Waals surface area contributed by atoms with E-state index in [1.165, 1.54) is 11.0 Å². The minimum Gasteiger partial charge on any atom is -0.447 e. The Kier molecular flexibility index (Phi) is 6.93. The fourth-order valence-electron chi connectivity index (χ4n) is 4.08. The van der Waals surface area contributed by atoms with E-state index in [4.69, 9.17) is 21.1 Å². The van der Waals surface area contributed by atoms with Gasteiger partial charge in [0.15, 0.2) is 0 Å². The van der Waals surface area contributed by atoms with Crippen LogP contribution in [0, 0.1) is 5.82 Å². The first-order valence-corrected chi connectivity index (χ1v) is 10.9. The Hall–Kier alpha value is -2.68. The average molecular weight is 462 g/mol. The maximum Gasteiger partial charge on any atom is 0.414 e. The predicted octanol–water partition coefficient (Wildman–Crippen LogP) is 3.63. The molecule has 4 rings (SSSR count). The molecule has 2 amide bonds. The Morgan fingerprint density at radius 2 is 2.00 bits per heavy atom. The zero-order chi connectivity index (χ0) is 22.7. The van der Waals surface area contributed by atoms with Gasteiger partial charge in [0.1, 0.15) is 12.4 Å². The number of ether oxygens (including phenoxy) is 2. The maximum atomic E-state index is 14.7. The molecule has 32 heavy (non-hydrogen) atoms. The number of anilines is 1. The van der Waals surface area contributed by atoms with Crippen LogP contribution in [0.1, 0.15) is 28.9 Å². The third kappa shape index (κ3) is 4.87. The van der Waals surface area contributed by atoms with Crippen LogP contribution in [0.4, 0.5) is 14.9 Å². The number of carbonyl (C=O) groups excluding carboxylic acids is 2. The molecule has 2 saturated heterocycles. The quantitative estimate of drug-likeness (QED) is 0.711. The van der Waals surface area contributed by atoms with Crippen LogP contribution >= 0.6 is 11.6 Å². The van der Waals surface area contributed by atoms with Gasteiger partial charge >= 0.3 is 6.09 Å². The minimum absolute atomic E-state index is 0.00248. The van der Waals surface area contributed by atoms with Crippen LogP contribution in [0.2, 0.25) is 5.02 Å². The highest BCUT2D eigenvalue weighted by Gasteiger charge is 2.30. The van der Waals surface area contributed by atoms with Gasteiger partial charge in [-0.25, -0.2) is 9.18 Å². The Morgan fingerprint density at radius 3 is 2.66 bits per heavy atom. The zero-order valence-electron chi connectivity index (χ0n) is 17.7. The number of amides is 2. The second kappa shape index (κ2) is 9.85. The van der Waals surface area contributed by atoms with Gasteiger partial charge in [-0.3, -0.25) is 14.6 Å². The molecule has 0 aliphatic carbocycles. The van der Waals surface area contributed by atoms with Crippen molar-refractivity contribution in [3.8, 4) is 0 Å². The highest BCUT2D eigenvalue weighted by Crippen LogP contribution is 2.31. The van der Waals surface area contributed by atoms with Crippen LogP contribution in [-0.2, 0) is 9.47 Å². The number of nitrogens with one attached hydrogen (secondary N) is 1. The molecule has 0 bridgehead atoms. The summed E-state index contributed by atoms with van der Waals surface area (Å²) in [4.78, 5) is 28.1. The summed E-state index contributed by atoms with van der Waals surface area (Å²) in [6, 6.07) is 10.9. The smallest absolute Gasteiger partial charge is 0.414 e. The van der Waals surface area contributed by atoms with E-state index in [1.807, 2.05) is 6.92 Å². The number of nitrogens with zero attached hydrogens (tertiary/aromatic N) is 2. The van der Waals surface area contributed by atoms with Crippen molar-refractivity contribution in [2.24, 2.45) is 0 Å². The van der Waals surface area contributed by atoms with Crippen LogP contribution in [0.5, 0.6) is 0 Å². The molecule has 2 heterocycles. The first-order valence-electron chi connectivity index (χ1n) is 10.6. The van der Waals surface area contributed by atoms with Crippen LogP contribution < -0.4 is 10.2 Å². The number of hydrogen-bond acceptors (Lipinski definition) is 5. The van der Waals surface area contributed by atoms with Gasteiger partial charge in [-0.15, -0.1) is 0 Å². The second-order valence-corrected chi connectivity index (χ2v) is 8.26. The van der Waals surface area contributed by atoms with Crippen molar-refractivity contribution in [2.75, 3.05) is 44.3 Å². The topological polar surface area (TPSA) is 71.1 Å². The van der Waals surface area contributed by atoms with Crippen molar-refractivity contribution in [3.05, 3.63) is 64.4 Å². The number of morpholine rings is 1. The molecular weight excluding hydrogens is 437 g/mol. The number of rotatable bonds is 6. The predicted molar refractivity (Wildman–Crippen MR) is 119 cm³/mol. The second-order valence-electron chi connectivity index (χ2n) is 7.85. The lowest BCUT2D eigenvalue weighted by atomic mass is 10.0. The van der Waals surface area contributed by atoms with Crippen molar-refractivity contribution in [1.82, 2.24) is 10.2 Å². The van der Waals surface area contributed by atoms with Crippen LogP contribution in [0.15, 0.2) is 42.5 Å². The van der Waals surface area contributed by atoms with Crippen LogP contribution in [0.3, 0.4) is 0 Å². The van der Waals surface area contributed by atoms with Crippen molar-refractivity contribution >= 4 is 29.3 Å². The number of hydrogen-bond donors (Lipinski definition) is 1. The molecule has 0 radical (unpaired) electrons. The van der Waals surface area contributed by atoms with E-state index in [0.29, 0.717) is 54.7 Å². The van der Waals surface area contributed by atoms with Gasteiger partial charge in [0.05, 0.1) is 25.3 Å². The van der Waals surface area contributed by atoms with E-state index in [2.05, 4.69) is 10.2 Å². The Morgan fingerprint density at radius 1 is 1.22 bits per heavy atom. The Labute approximate surface area is 191 Å². The number of halogens is 2. The molecule has 2 fully saturated rings. The first-order chi connectivity index (χ1) is 15.4. The largest absolute Gasteiger partial charge is 0.447 e. The highest BCUT2D eigenvalue weighted by atomic mass is 35.5. The van der Waals surface area contributed by atoms with E-state index in [1.54, 1.807) is 36.4 Å². The summed E-state index contributed by atoms with van der Waals surface area (Å²) in [5, 5.41) is 3.23. The molecule has 2 aromatic rings. The fourth-order valence-corrected chi connectivity index (χ4v) is 4.37. The van der Waals surface area contributed by atoms with E-state index in [0.717, 1.165) is 0 Å². The monoisotopic (exact) mass is 461 g/mol. The summed E-state index contributed by atoms with van der Waals surface area (Å²) < 4.78 is 25.3. The molecule has 2 aliphatic rings. The lowest BCUT2D eigenvalue weighted by molar-refractivity contribution is -0.0346. The number of benzene rings is 2. The molecule has 2 aromatic carbocycles. The Balaban J connectivity index is 1.49. The van der Waals surface area contributed by atoms with Crippen molar-refractivity contribution < 1.29 is 23.5 Å². The normalized spacial score (nSPS) is 20.2. The van der Waals surface area contributed by atoms with Gasteiger partial charge in [0, 0.05) is 41.5 Å². The lowest BCUT2D eigenvalue weighted by Crippen LogP contribution is -2.47. The molecule has 7 nitrogen and oxygen atoms in total. The van der Waals surface area contributed by atoms with E-state index in [-0.39, 0.29) is 18.6 Å². The third-order valence-electron chi connectivity index (χ3n) is 5.70. The number of cyclic esters (lactones) is 1. The molecule has 170 valence electrons. The Bertz CT molecular complexity index is 967. The van der Waals surface area contributed by atoms with Crippen LogP contribution in [-0.4, -0.2) is 62.4 Å². The molecule has 2 aliphatic heterocycles. The lowest BCUT2D eigenvalue weighted by Gasteiger charge is -2.38. The standard InChI is InChI=1S/C23H25ClFN3O4/c1-15-14-27(9-11-31-15)20(21-18(24)3-2-4-19(21)25)13-26-22(29)16-5-7-17(8-6-16)28-10-12-32-23(28)30/h2-8,15,20H,9-14H2,1H3,(H,26,29)/t15-,20+/m1/s1. The van der Waals surface area contributed by atoms with Crippen molar-refractivity contribution in [2.45, 2.75) is 19.1 Å². The molecule has 0 saturated carbocycles. The molecule has 9 heteroatoms. The van der Waals surface area contributed by atoms with E-state index >= 15 is 0 Å². The zero-order valence-corrected chi connectivity index (χ0v) is 18.5. The first kappa shape index (κ1) is 22.5. The summed E-state index contributed by atoms with van der Waals surface area (Å²) in [6.45, 7) is 4.71. The van der Waals surface area contributed by atoms with E-state index in [9.17, 15) is 14.0 Å². The number of carbonyl (C=O) groups is 2. The summed E-state index contributed by atoms with van der Waals surface area (Å²) in [5.74, 6) is -0.697. The molecule has 0 aromatic heterocycles. The minimum atomic E-state index is -0.433.